The fourth-order valence-electron chi connectivity index (χ4n) is 0.982. The summed E-state index contributed by atoms with van der Waals surface area (Å²) in [6.07, 6.45) is 0. The molecule has 1 aromatic rings. The van der Waals surface area contributed by atoms with Crippen molar-refractivity contribution >= 4 is 23.4 Å². The summed E-state index contributed by atoms with van der Waals surface area (Å²) in [4.78, 5) is -0.863. The van der Waals surface area contributed by atoms with Gasteiger partial charge in [0.1, 0.15) is 0 Å². The molecule has 0 aliphatic carbocycles. The molecule has 1 rings (SSSR count). The molecule has 0 aliphatic heterocycles. The SMILES string of the molecule is CC(CCl)CSc1c(F)c(F)c(F)c(F)c1F. The molecule has 0 aliphatic rings. The zero-order chi connectivity index (χ0) is 13.2. The van der Waals surface area contributed by atoms with Crippen molar-refractivity contribution in [3.63, 3.8) is 0 Å². The lowest BCUT2D eigenvalue weighted by molar-refractivity contribution is 0.361. The Morgan fingerprint density at radius 2 is 1.35 bits per heavy atom. The summed E-state index contributed by atoms with van der Waals surface area (Å²) in [7, 11) is 0. The molecular weight excluding hydrogens is 283 g/mol. The smallest absolute Gasteiger partial charge is 0.200 e. The highest BCUT2D eigenvalue weighted by Crippen LogP contribution is 2.31. The predicted molar refractivity (Wildman–Crippen MR) is 56.8 cm³/mol. The molecular formula is C10H8ClF5S. The Hall–Kier alpha value is -0.490. The second kappa shape index (κ2) is 5.91. The van der Waals surface area contributed by atoms with Crippen LogP contribution in [0.4, 0.5) is 22.0 Å². The molecule has 1 aromatic carbocycles. The van der Waals surface area contributed by atoms with Gasteiger partial charge in [-0.2, -0.15) is 0 Å². The second-order valence-electron chi connectivity index (χ2n) is 3.47. The van der Waals surface area contributed by atoms with Crippen molar-refractivity contribution < 1.29 is 22.0 Å². The summed E-state index contributed by atoms with van der Waals surface area (Å²) in [5.41, 5.74) is 0. The lowest BCUT2D eigenvalue weighted by atomic mass is 10.3. The lowest BCUT2D eigenvalue weighted by Gasteiger charge is -2.10. The number of benzene rings is 1. The number of hydrogen-bond donors (Lipinski definition) is 0. The molecule has 1 unspecified atom stereocenters. The van der Waals surface area contributed by atoms with Crippen molar-refractivity contribution in [3.05, 3.63) is 29.1 Å². The van der Waals surface area contributed by atoms with Gasteiger partial charge in [-0.05, 0) is 5.92 Å². The molecule has 0 spiro atoms. The van der Waals surface area contributed by atoms with Crippen LogP contribution in [-0.2, 0) is 0 Å². The van der Waals surface area contributed by atoms with Gasteiger partial charge in [0.25, 0.3) is 0 Å². The first-order valence-corrected chi connectivity index (χ1v) is 6.12. The van der Waals surface area contributed by atoms with E-state index >= 15 is 0 Å². The van der Waals surface area contributed by atoms with E-state index in [-0.39, 0.29) is 17.6 Å². The number of alkyl halides is 1. The van der Waals surface area contributed by atoms with Gasteiger partial charge in [-0.1, -0.05) is 6.92 Å². The van der Waals surface area contributed by atoms with E-state index in [0.29, 0.717) is 11.8 Å². The van der Waals surface area contributed by atoms with E-state index < -0.39 is 34.0 Å². The van der Waals surface area contributed by atoms with Crippen molar-refractivity contribution in [3.8, 4) is 0 Å². The number of hydrogen-bond acceptors (Lipinski definition) is 1. The topological polar surface area (TPSA) is 0 Å². The molecule has 0 fully saturated rings. The van der Waals surface area contributed by atoms with Crippen LogP contribution in [0.15, 0.2) is 4.90 Å². The van der Waals surface area contributed by atoms with Crippen molar-refractivity contribution in [1.29, 1.82) is 0 Å². The van der Waals surface area contributed by atoms with Crippen LogP contribution in [0.1, 0.15) is 6.92 Å². The van der Waals surface area contributed by atoms with E-state index in [4.69, 9.17) is 11.6 Å². The largest absolute Gasteiger partial charge is 0.202 e. The van der Waals surface area contributed by atoms with E-state index in [1.54, 1.807) is 6.92 Å². The van der Waals surface area contributed by atoms with Crippen LogP contribution in [-0.4, -0.2) is 11.6 Å². The molecule has 96 valence electrons. The molecule has 0 heterocycles. The van der Waals surface area contributed by atoms with Crippen LogP contribution in [0.3, 0.4) is 0 Å². The molecule has 0 radical (unpaired) electrons. The highest BCUT2D eigenvalue weighted by molar-refractivity contribution is 7.99. The molecule has 1 atom stereocenters. The Labute approximate surface area is 104 Å². The Morgan fingerprint density at radius 3 is 1.76 bits per heavy atom. The maximum absolute atomic E-state index is 13.2. The molecule has 0 saturated carbocycles. The fraction of sp³-hybridized carbons (Fsp3) is 0.400. The quantitative estimate of drug-likeness (QED) is 0.261. The number of thioether (sulfide) groups is 1. The van der Waals surface area contributed by atoms with E-state index in [2.05, 4.69) is 0 Å². The highest BCUT2D eigenvalue weighted by atomic mass is 35.5. The van der Waals surface area contributed by atoms with Crippen LogP contribution in [0, 0.1) is 35.0 Å². The first-order valence-electron chi connectivity index (χ1n) is 4.60. The van der Waals surface area contributed by atoms with Gasteiger partial charge in [-0.15, -0.1) is 23.4 Å². The van der Waals surface area contributed by atoms with E-state index in [0.717, 1.165) is 0 Å². The Balaban J connectivity index is 3.07. The summed E-state index contributed by atoms with van der Waals surface area (Å²) in [6, 6.07) is 0. The van der Waals surface area contributed by atoms with Gasteiger partial charge in [0.2, 0.25) is 5.82 Å². The van der Waals surface area contributed by atoms with Crippen LogP contribution in [0.5, 0.6) is 0 Å². The van der Waals surface area contributed by atoms with Crippen molar-refractivity contribution in [2.45, 2.75) is 11.8 Å². The molecule has 7 heteroatoms. The second-order valence-corrected chi connectivity index (χ2v) is 4.81. The van der Waals surface area contributed by atoms with Gasteiger partial charge >= 0.3 is 0 Å². The van der Waals surface area contributed by atoms with Gasteiger partial charge in [0.15, 0.2) is 23.3 Å². The highest BCUT2D eigenvalue weighted by Gasteiger charge is 2.26. The van der Waals surface area contributed by atoms with Gasteiger partial charge in [0, 0.05) is 11.6 Å². The average molecular weight is 291 g/mol. The average Bonchev–Trinajstić information content (AvgIpc) is 2.33. The minimum atomic E-state index is -2.14. The zero-order valence-corrected chi connectivity index (χ0v) is 10.2. The third kappa shape index (κ3) is 3.04. The molecule has 0 nitrogen and oxygen atoms in total. The summed E-state index contributed by atoms with van der Waals surface area (Å²) < 4.78 is 64.7. The molecule has 0 amide bonds. The van der Waals surface area contributed by atoms with Gasteiger partial charge < -0.3 is 0 Å². The van der Waals surface area contributed by atoms with Crippen LogP contribution >= 0.6 is 23.4 Å². The minimum Gasteiger partial charge on any atom is -0.202 e. The maximum Gasteiger partial charge on any atom is 0.200 e. The normalized spacial score (nSPS) is 12.9. The Bertz CT molecular complexity index is 395. The zero-order valence-electron chi connectivity index (χ0n) is 8.67. The summed E-state index contributed by atoms with van der Waals surface area (Å²) >= 11 is 6.04. The molecule has 0 bridgehead atoms. The van der Waals surface area contributed by atoms with E-state index in [9.17, 15) is 22.0 Å². The summed E-state index contributed by atoms with van der Waals surface area (Å²) in [5, 5.41) is 0. The predicted octanol–water partition coefficient (Wildman–Crippen LogP) is 4.35. The van der Waals surface area contributed by atoms with Crippen molar-refractivity contribution in [1.82, 2.24) is 0 Å². The van der Waals surface area contributed by atoms with Gasteiger partial charge in [-0.25, -0.2) is 22.0 Å². The number of rotatable bonds is 4. The first-order chi connectivity index (χ1) is 7.90. The maximum atomic E-state index is 13.2. The summed E-state index contributed by atoms with van der Waals surface area (Å²) in [6.45, 7) is 1.70. The third-order valence-corrected chi connectivity index (χ3v) is 3.85. The molecule has 0 N–H and O–H groups in total. The minimum absolute atomic E-state index is 0.100. The summed E-state index contributed by atoms with van der Waals surface area (Å²) in [5.74, 6) is -9.29. The molecule has 0 saturated heterocycles. The number of halogens is 6. The van der Waals surface area contributed by atoms with Crippen LogP contribution in [0.25, 0.3) is 0 Å². The van der Waals surface area contributed by atoms with Crippen LogP contribution in [0.2, 0.25) is 0 Å². The van der Waals surface area contributed by atoms with Crippen LogP contribution < -0.4 is 0 Å². The molecule has 17 heavy (non-hydrogen) atoms. The monoisotopic (exact) mass is 290 g/mol. The Morgan fingerprint density at radius 1 is 0.941 bits per heavy atom. The van der Waals surface area contributed by atoms with Crippen molar-refractivity contribution in [2.24, 2.45) is 5.92 Å². The third-order valence-electron chi connectivity index (χ3n) is 1.95. The molecule has 0 aromatic heterocycles. The standard InChI is InChI=1S/C10H8ClF5S/c1-4(2-11)3-17-10-8(15)6(13)5(12)7(14)9(10)16/h4H,2-3H2,1H3. The van der Waals surface area contributed by atoms with Gasteiger partial charge in [0.05, 0.1) is 4.90 Å². The fourth-order valence-corrected chi connectivity index (χ4v) is 2.22. The van der Waals surface area contributed by atoms with E-state index in [1.165, 1.54) is 0 Å². The lowest BCUT2D eigenvalue weighted by Crippen LogP contribution is -2.06. The Kier molecular flexibility index (Phi) is 5.06. The van der Waals surface area contributed by atoms with Gasteiger partial charge in [-0.3, -0.25) is 0 Å². The van der Waals surface area contributed by atoms with E-state index in [1.807, 2.05) is 0 Å². The first kappa shape index (κ1) is 14.6. The van der Waals surface area contributed by atoms with Crippen molar-refractivity contribution in [2.75, 3.05) is 11.6 Å².